The van der Waals surface area contributed by atoms with Gasteiger partial charge in [-0.1, -0.05) is 24.2 Å². The van der Waals surface area contributed by atoms with Crippen molar-refractivity contribution in [3.63, 3.8) is 0 Å². The van der Waals surface area contributed by atoms with Crippen LogP contribution in [0.2, 0.25) is 0 Å². The SMILES string of the molecule is CCCS(=O)(=O)NCCc1nc(-c2ccccc2F)no1. The van der Waals surface area contributed by atoms with E-state index >= 15 is 0 Å². The lowest BCUT2D eigenvalue weighted by Crippen LogP contribution is -2.28. The van der Waals surface area contributed by atoms with Crippen LogP contribution in [0.4, 0.5) is 4.39 Å². The maximum atomic E-state index is 13.6. The van der Waals surface area contributed by atoms with Gasteiger partial charge in [0.25, 0.3) is 0 Å². The smallest absolute Gasteiger partial charge is 0.228 e. The lowest BCUT2D eigenvalue weighted by molar-refractivity contribution is 0.378. The molecule has 0 aliphatic rings. The second-order valence-electron chi connectivity index (χ2n) is 4.45. The maximum absolute atomic E-state index is 13.6. The summed E-state index contributed by atoms with van der Waals surface area (Å²) < 4.78 is 43.9. The Morgan fingerprint density at radius 3 is 2.81 bits per heavy atom. The van der Waals surface area contributed by atoms with E-state index in [0.717, 1.165) is 0 Å². The number of hydrogen-bond acceptors (Lipinski definition) is 5. The average molecular weight is 313 g/mol. The Hall–Kier alpha value is -1.80. The van der Waals surface area contributed by atoms with Gasteiger partial charge >= 0.3 is 0 Å². The third kappa shape index (κ3) is 4.33. The highest BCUT2D eigenvalue weighted by Crippen LogP contribution is 2.19. The van der Waals surface area contributed by atoms with Crippen LogP contribution in [-0.2, 0) is 16.4 Å². The lowest BCUT2D eigenvalue weighted by atomic mass is 10.2. The van der Waals surface area contributed by atoms with Crippen LogP contribution in [0.15, 0.2) is 28.8 Å². The minimum absolute atomic E-state index is 0.0807. The van der Waals surface area contributed by atoms with Crippen LogP contribution in [0.25, 0.3) is 11.4 Å². The third-order valence-corrected chi connectivity index (χ3v) is 4.31. The predicted octanol–water partition coefficient (Wildman–Crippen LogP) is 1.75. The molecule has 8 heteroatoms. The van der Waals surface area contributed by atoms with E-state index in [0.29, 0.717) is 6.42 Å². The Balaban J connectivity index is 1.97. The molecule has 2 aromatic rings. The van der Waals surface area contributed by atoms with Crippen molar-refractivity contribution in [3.8, 4) is 11.4 Å². The van der Waals surface area contributed by atoms with Crippen molar-refractivity contribution in [1.29, 1.82) is 0 Å². The molecule has 1 heterocycles. The van der Waals surface area contributed by atoms with Gasteiger partial charge in [0, 0.05) is 13.0 Å². The van der Waals surface area contributed by atoms with Crippen LogP contribution in [0.5, 0.6) is 0 Å². The fourth-order valence-electron chi connectivity index (χ4n) is 1.76. The molecule has 0 radical (unpaired) electrons. The van der Waals surface area contributed by atoms with Crippen LogP contribution >= 0.6 is 0 Å². The molecule has 0 aliphatic heterocycles. The first kappa shape index (κ1) is 15.6. The van der Waals surface area contributed by atoms with E-state index < -0.39 is 15.8 Å². The number of sulfonamides is 1. The Kier molecular flexibility index (Phi) is 5.03. The van der Waals surface area contributed by atoms with Gasteiger partial charge in [0.2, 0.25) is 21.7 Å². The lowest BCUT2D eigenvalue weighted by Gasteiger charge is -2.02. The number of nitrogens with one attached hydrogen (secondary N) is 1. The number of aromatic nitrogens is 2. The summed E-state index contributed by atoms with van der Waals surface area (Å²) >= 11 is 0. The van der Waals surface area contributed by atoms with Gasteiger partial charge in [-0.25, -0.2) is 17.5 Å². The Morgan fingerprint density at radius 1 is 1.33 bits per heavy atom. The highest BCUT2D eigenvalue weighted by atomic mass is 32.2. The van der Waals surface area contributed by atoms with Gasteiger partial charge < -0.3 is 4.52 Å². The minimum Gasteiger partial charge on any atom is -0.339 e. The first-order valence-electron chi connectivity index (χ1n) is 6.56. The molecule has 0 spiro atoms. The fraction of sp³-hybridized carbons (Fsp3) is 0.385. The zero-order chi connectivity index (χ0) is 15.3. The van der Waals surface area contributed by atoms with E-state index in [1.807, 2.05) is 0 Å². The zero-order valence-corrected chi connectivity index (χ0v) is 12.4. The molecule has 0 saturated heterocycles. The van der Waals surface area contributed by atoms with Crippen molar-refractivity contribution in [2.75, 3.05) is 12.3 Å². The molecule has 1 aromatic carbocycles. The molecule has 1 N–H and O–H groups in total. The summed E-state index contributed by atoms with van der Waals surface area (Å²) in [5, 5.41) is 3.70. The summed E-state index contributed by atoms with van der Waals surface area (Å²) in [7, 11) is -3.25. The molecule has 6 nitrogen and oxygen atoms in total. The Bertz CT molecular complexity index is 700. The maximum Gasteiger partial charge on any atom is 0.228 e. The quantitative estimate of drug-likeness (QED) is 0.841. The van der Waals surface area contributed by atoms with E-state index in [2.05, 4.69) is 14.9 Å². The molecule has 0 bridgehead atoms. The molecule has 0 unspecified atom stereocenters. The van der Waals surface area contributed by atoms with E-state index in [1.165, 1.54) is 6.07 Å². The Morgan fingerprint density at radius 2 is 2.10 bits per heavy atom. The van der Waals surface area contributed by atoms with Gasteiger partial charge in [-0.05, 0) is 18.6 Å². The average Bonchev–Trinajstić information content (AvgIpc) is 2.87. The second kappa shape index (κ2) is 6.77. The highest BCUT2D eigenvalue weighted by molar-refractivity contribution is 7.89. The summed E-state index contributed by atoms with van der Waals surface area (Å²) in [4.78, 5) is 4.05. The van der Waals surface area contributed by atoms with Crippen molar-refractivity contribution in [3.05, 3.63) is 36.0 Å². The monoisotopic (exact) mass is 313 g/mol. The summed E-state index contributed by atoms with van der Waals surface area (Å²) in [6, 6.07) is 6.10. The molecule has 0 fully saturated rings. The van der Waals surface area contributed by atoms with Gasteiger partial charge in [0.05, 0.1) is 11.3 Å². The van der Waals surface area contributed by atoms with E-state index in [1.54, 1.807) is 25.1 Å². The first-order chi connectivity index (χ1) is 10.0. The van der Waals surface area contributed by atoms with E-state index in [-0.39, 0.29) is 36.0 Å². The summed E-state index contributed by atoms with van der Waals surface area (Å²) in [5.74, 6) is 0.0533. The summed E-state index contributed by atoms with van der Waals surface area (Å²) in [6.45, 7) is 1.96. The molecule has 114 valence electrons. The number of rotatable bonds is 7. The van der Waals surface area contributed by atoms with Crippen LogP contribution in [0.1, 0.15) is 19.2 Å². The number of benzene rings is 1. The van der Waals surface area contributed by atoms with Gasteiger partial charge in [-0.15, -0.1) is 0 Å². The van der Waals surface area contributed by atoms with Gasteiger partial charge in [-0.3, -0.25) is 0 Å². The van der Waals surface area contributed by atoms with Crippen molar-refractivity contribution in [2.24, 2.45) is 0 Å². The summed E-state index contributed by atoms with van der Waals surface area (Å²) in [5.41, 5.74) is 0.249. The number of hydrogen-bond donors (Lipinski definition) is 1. The number of halogens is 1. The highest BCUT2D eigenvalue weighted by Gasteiger charge is 2.13. The molecule has 21 heavy (non-hydrogen) atoms. The molecular formula is C13H16FN3O3S. The molecule has 1 aromatic heterocycles. The van der Waals surface area contributed by atoms with Crippen LogP contribution in [0, 0.1) is 5.82 Å². The molecule has 0 atom stereocenters. The van der Waals surface area contributed by atoms with Gasteiger partial charge in [0.1, 0.15) is 5.82 Å². The fourth-order valence-corrected chi connectivity index (χ4v) is 2.86. The zero-order valence-electron chi connectivity index (χ0n) is 11.5. The second-order valence-corrected chi connectivity index (χ2v) is 6.38. The van der Waals surface area contributed by atoms with Crippen molar-refractivity contribution in [2.45, 2.75) is 19.8 Å². The molecule has 0 aliphatic carbocycles. The van der Waals surface area contributed by atoms with Crippen LogP contribution in [0.3, 0.4) is 0 Å². The standard InChI is InChI=1S/C13H16FN3O3S/c1-2-9-21(18,19)15-8-7-12-16-13(17-20-12)10-5-3-4-6-11(10)14/h3-6,15H,2,7-9H2,1H3. The van der Waals surface area contributed by atoms with E-state index in [9.17, 15) is 12.8 Å². The molecule has 0 amide bonds. The largest absolute Gasteiger partial charge is 0.339 e. The number of nitrogens with zero attached hydrogens (tertiary/aromatic N) is 2. The Labute approximate surface area is 122 Å². The predicted molar refractivity (Wildman–Crippen MR) is 75.5 cm³/mol. The van der Waals surface area contributed by atoms with Crippen molar-refractivity contribution < 1.29 is 17.3 Å². The van der Waals surface area contributed by atoms with Crippen LogP contribution in [-0.4, -0.2) is 30.9 Å². The van der Waals surface area contributed by atoms with Crippen molar-refractivity contribution >= 4 is 10.0 Å². The van der Waals surface area contributed by atoms with Crippen LogP contribution < -0.4 is 4.72 Å². The topological polar surface area (TPSA) is 85.1 Å². The summed E-state index contributed by atoms with van der Waals surface area (Å²) in [6.07, 6.45) is 0.803. The normalized spacial score (nSPS) is 11.7. The van der Waals surface area contributed by atoms with Crippen molar-refractivity contribution in [1.82, 2.24) is 14.9 Å². The first-order valence-corrected chi connectivity index (χ1v) is 8.22. The molecule has 2 rings (SSSR count). The third-order valence-electron chi connectivity index (χ3n) is 2.72. The molecular weight excluding hydrogens is 297 g/mol. The molecule has 0 saturated carbocycles. The van der Waals surface area contributed by atoms with E-state index in [4.69, 9.17) is 4.52 Å². The van der Waals surface area contributed by atoms with Gasteiger partial charge in [0.15, 0.2) is 0 Å². The minimum atomic E-state index is -3.25. The van der Waals surface area contributed by atoms with Gasteiger partial charge in [-0.2, -0.15) is 4.98 Å².